The number of aromatic nitrogens is 2. The van der Waals surface area contributed by atoms with Crippen LogP contribution in [0.2, 0.25) is 5.02 Å². The number of allylic oxidation sites excluding steroid dienone is 2. The van der Waals surface area contributed by atoms with E-state index in [4.69, 9.17) is 16.6 Å². The van der Waals surface area contributed by atoms with Crippen molar-refractivity contribution >= 4 is 29.2 Å². The van der Waals surface area contributed by atoms with Gasteiger partial charge < -0.3 is 5.32 Å². The Balaban J connectivity index is 1.74. The highest BCUT2D eigenvalue weighted by atomic mass is 35.5. The predicted octanol–water partition coefficient (Wildman–Crippen LogP) is 3.95. The normalized spacial score (nSPS) is 21.5. The summed E-state index contributed by atoms with van der Waals surface area (Å²) in [4.78, 5) is 21.9. The van der Waals surface area contributed by atoms with Crippen molar-refractivity contribution in [2.24, 2.45) is 10.9 Å². The Labute approximate surface area is 156 Å². The third-order valence-electron chi connectivity index (χ3n) is 4.69. The molecule has 2 aliphatic rings. The summed E-state index contributed by atoms with van der Waals surface area (Å²) in [7, 11) is 0. The lowest BCUT2D eigenvalue weighted by Gasteiger charge is -2.32. The summed E-state index contributed by atoms with van der Waals surface area (Å²) < 4.78 is 1.66. The maximum absolute atomic E-state index is 12.6. The summed E-state index contributed by atoms with van der Waals surface area (Å²) >= 11 is 6.25. The van der Waals surface area contributed by atoms with E-state index in [0.717, 1.165) is 24.9 Å². The number of aliphatic imine (C=N–C) groups is 1. The number of hydrogen-bond acceptors (Lipinski definition) is 5. The molecule has 2 heterocycles. The van der Waals surface area contributed by atoms with E-state index in [9.17, 15) is 4.79 Å². The van der Waals surface area contributed by atoms with Gasteiger partial charge in [-0.15, -0.1) is 0 Å². The molecule has 6 nitrogen and oxygen atoms in total. The monoisotopic (exact) mass is 369 g/mol. The second-order valence-electron chi connectivity index (χ2n) is 6.60. The van der Waals surface area contributed by atoms with Crippen molar-refractivity contribution < 1.29 is 0 Å². The molecule has 2 N–H and O–H groups in total. The first kappa shape index (κ1) is 16.8. The average molecular weight is 370 g/mol. The van der Waals surface area contributed by atoms with E-state index in [1.807, 2.05) is 31.2 Å². The second kappa shape index (κ2) is 6.96. The van der Waals surface area contributed by atoms with Crippen LogP contribution in [0.15, 0.2) is 52.3 Å². The van der Waals surface area contributed by atoms with Crippen molar-refractivity contribution in [2.45, 2.75) is 32.4 Å². The lowest BCUT2D eigenvalue weighted by molar-refractivity contribution is 0.308. The van der Waals surface area contributed by atoms with Crippen molar-refractivity contribution in [1.82, 2.24) is 9.55 Å². The molecule has 2 aromatic rings. The van der Waals surface area contributed by atoms with Crippen LogP contribution in [0.25, 0.3) is 0 Å². The van der Waals surface area contributed by atoms with Gasteiger partial charge in [-0.2, -0.15) is 0 Å². The van der Waals surface area contributed by atoms with Gasteiger partial charge in [0.15, 0.2) is 0 Å². The van der Waals surface area contributed by atoms with Crippen LogP contribution in [0.3, 0.4) is 0 Å². The molecular weight excluding hydrogens is 350 g/mol. The summed E-state index contributed by atoms with van der Waals surface area (Å²) in [5, 5.41) is 6.97. The van der Waals surface area contributed by atoms with Gasteiger partial charge in [0.25, 0.3) is 5.56 Å². The van der Waals surface area contributed by atoms with Gasteiger partial charge in [0, 0.05) is 17.7 Å². The molecule has 0 bridgehead atoms. The van der Waals surface area contributed by atoms with Crippen LogP contribution in [0.5, 0.6) is 0 Å². The molecule has 1 aliphatic carbocycles. The summed E-state index contributed by atoms with van der Waals surface area (Å²) in [5.74, 6) is 1.32. The van der Waals surface area contributed by atoms with Gasteiger partial charge in [-0.25, -0.2) is 9.98 Å². The molecule has 0 spiro atoms. The molecule has 1 aromatic heterocycles. The van der Waals surface area contributed by atoms with Crippen molar-refractivity contribution in [3.63, 3.8) is 0 Å². The molecular formula is C19H20ClN5O. The molecule has 0 unspecified atom stereocenters. The van der Waals surface area contributed by atoms with E-state index < -0.39 is 0 Å². The van der Waals surface area contributed by atoms with Crippen LogP contribution in [-0.2, 0) is 0 Å². The molecule has 4 rings (SSSR count). The van der Waals surface area contributed by atoms with Crippen LogP contribution in [0, 0.1) is 12.8 Å². The lowest BCUT2D eigenvalue weighted by atomic mass is 9.91. The molecule has 134 valence electrons. The summed E-state index contributed by atoms with van der Waals surface area (Å²) in [6, 6.07) is 9.04. The second-order valence-corrected chi connectivity index (χ2v) is 7.00. The van der Waals surface area contributed by atoms with E-state index in [0.29, 0.717) is 22.6 Å². The lowest BCUT2D eigenvalue weighted by Crippen LogP contribution is -2.40. The zero-order valence-electron chi connectivity index (χ0n) is 14.4. The van der Waals surface area contributed by atoms with E-state index in [1.165, 1.54) is 0 Å². The molecule has 0 amide bonds. The third-order valence-corrected chi connectivity index (χ3v) is 5.02. The highest BCUT2D eigenvalue weighted by Crippen LogP contribution is 2.34. The molecule has 1 aromatic carbocycles. The number of aryl methyl sites for hydroxylation is 1. The van der Waals surface area contributed by atoms with Crippen LogP contribution in [-0.4, -0.2) is 15.5 Å². The number of fused-ring (bicyclic) bond motifs is 1. The number of para-hydroxylation sites is 1. The zero-order valence-corrected chi connectivity index (χ0v) is 15.2. The van der Waals surface area contributed by atoms with E-state index in [1.54, 1.807) is 10.6 Å². The average Bonchev–Trinajstić information content (AvgIpc) is 2.63. The fraction of sp³-hybridized carbons (Fsp3) is 0.316. The Morgan fingerprint density at radius 1 is 1.31 bits per heavy atom. The van der Waals surface area contributed by atoms with Gasteiger partial charge in [-0.05, 0) is 38.3 Å². The Kier molecular flexibility index (Phi) is 4.51. The quantitative estimate of drug-likeness (QED) is 0.786. The highest BCUT2D eigenvalue weighted by molar-refractivity contribution is 6.33. The first-order valence-electron chi connectivity index (χ1n) is 8.73. The van der Waals surface area contributed by atoms with Gasteiger partial charge in [0.2, 0.25) is 11.9 Å². The highest BCUT2D eigenvalue weighted by Gasteiger charge is 2.30. The minimum atomic E-state index is -0.290. The van der Waals surface area contributed by atoms with Gasteiger partial charge in [0.05, 0.1) is 10.7 Å². The fourth-order valence-electron chi connectivity index (χ4n) is 3.44. The number of halogens is 1. The standard InChI is InChI=1S/C19H20ClN5O/c1-12-11-16(26)25-17(13-7-3-2-4-8-13)23-18(24-19(25)21-12)22-15-10-6-5-9-14(15)20/h2-3,5-6,9-11,13,17H,4,7-8H2,1H3,(H2,21,22,23,24)/t13-,17+/m1/s1. The minimum absolute atomic E-state index is 0.0832. The van der Waals surface area contributed by atoms with Gasteiger partial charge >= 0.3 is 0 Å². The Bertz CT molecular complexity index is 949. The van der Waals surface area contributed by atoms with Crippen molar-refractivity contribution in [3.05, 3.63) is 63.6 Å². The van der Waals surface area contributed by atoms with Crippen molar-refractivity contribution in [1.29, 1.82) is 0 Å². The van der Waals surface area contributed by atoms with Crippen molar-refractivity contribution in [2.75, 3.05) is 10.6 Å². The SMILES string of the molecule is Cc1cc(=O)n2c(n1)NC(Nc1ccccc1Cl)=N[C@@H]2[C@@H]1CC=CCC1. The summed E-state index contributed by atoms with van der Waals surface area (Å²) in [6.45, 7) is 1.81. The third kappa shape index (κ3) is 3.24. The first-order chi connectivity index (χ1) is 12.6. The number of rotatable bonds is 2. The number of nitrogens with zero attached hydrogens (tertiary/aromatic N) is 3. The Morgan fingerprint density at radius 3 is 2.92 bits per heavy atom. The zero-order chi connectivity index (χ0) is 18.1. The number of anilines is 2. The van der Waals surface area contributed by atoms with Crippen LogP contribution >= 0.6 is 11.6 Å². The molecule has 26 heavy (non-hydrogen) atoms. The molecule has 7 heteroatoms. The summed E-state index contributed by atoms with van der Waals surface area (Å²) in [5.41, 5.74) is 1.35. The van der Waals surface area contributed by atoms with Crippen LogP contribution in [0.4, 0.5) is 11.6 Å². The van der Waals surface area contributed by atoms with E-state index >= 15 is 0 Å². The maximum Gasteiger partial charge on any atom is 0.256 e. The van der Waals surface area contributed by atoms with Gasteiger partial charge in [-0.1, -0.05) is 35.9 Å². The molecule has 0 saturated carbocycles. The maximum atomic E-state index is 12.6. The van der Waals surface area contributed by atoms with Gasteiger partial charge in [0.1, 0.15) is 6.17 Å². The number of guanidine groups is 1. The smallest absolute Gasteiger partial charge is 0.256 e. The molecule has 2 atom stereocenters. The van der Waals surface area contributed by atoms with E-state index in [-0.39, 0.29) is 17.6 Å². The molecule has 0 fully saturated rings. The van der Waals surface area contributed by atoms with Crippen LogP contribution < -0.4 is 16.2 Å². The molecule has 0 radical (unpaired) electrons. The molecule has 0 saturated heterocycles. The number of hydrogen-bond donors (Lipinski definition) is 2. The topological polar surface area (TPSA) is 71.3 Å². The van der Waals surface area contributed by atoms with Crippen LogP contribution in [0.1, 0.15) is 31.1 Å². The number of nitrogens with one attached hydrogen (secondary N) is 2. The Hall–Kier alpha value is -2.60. The van der Waals surface area contributed by atoms with E-state index in [2.05, 4.69) is 27.8 Å². The number of benzene rings is 1. The van der Waals surface area contributed by atoms with Gasteiger partial charge in [-0.3, -0.25) is 14.7 Å². The predicted molar refractivity (Wildman–Crippen MR) is 105 cm³/mol. The minimum Gasteiger partial charge on any atom is -0.325 e. The molecule has 1 aliphatic heterocycles. The fourth-order valence-corrected chi connectivity index (χ4v) is 3.62. The first-order valence-corrected chi connectivity index (χ1v) is 9.11. The summed E-state index contributed by atoms with van der Waals surface area (Å²) in [6.07, 6.45) is 6.94. The Morgan fingerprint density at radius 2 is 2.15 bits per heavy atom. The largest absolute Gasteiger partial charge is 0.325 e. The van der Waals surface area contributed by atoms with Crippen molar-refractivity contribution in [3.8, 4) is 0 Å².